The molecule has 0 saturated carbocycles. The van der Waals surface area contributed by atoms with Crippen molar-refractivity contribution in [3.05, 3.63) is 35.9 Å². The minimum atomic E-state index is -0.0870. The van der Waals surface area contributed by atoms with Gasteiger partial charge in [-0.15, -0.1) is 0 Å². The molecule has 2 aromatic heterocycles. The molecule has 0 saturated heterocycles. The maximum Gasteiger partial charge on any atom is 0.136 e. The van der Waals surface area contributed by atoms with Crippen molar-refractivity contribution in [3.8, 4) is 11.3 Å². The zero-order valence-corrected chi connectivity index (χ0v) is 12.2. The minimum absolute atomic E-state index is 0.0870. The first kappa shape index (κ1) is 13.5. The first-order valence-corrected chi connectivity index (χ1v) is 6.40. The molecule has 0 fully saturated rings. The van der Waals surface area contributed by atoms with Crippen LogP contribution in [0, 0.1) is 6.92 Å². The van der Waals surface area contributed by atoms with Gasteiger partial charge in [0.25, 0.3) is 0 Å². The van der Waals surface area contributed by atoms with Gasteiger partial charge in [0.2, 0.25) is 0 Å². The molecule has 0 unspecified atom stereocenters. The number of nitrogens with one attached hydrogen (secondary N) is 1. The van der Waals surface area contributed by atoms with E-state index >= 15 is 0 Å². The van der Waals surface area contributed by atoms with Crippen molar-refractivity contribution in [2.24, 2.45) is 0 Å². The largest absolute Gasteiger partial charge is 0.373 e. The Bertz CT molecular complexity index is 571. The summed E-state index contributed by atoms with van der Waals surface area (Å²) in [6.45, 7) is 8.37. The highest BCUT2D eigenvalue weighted by atomic mass is 15.0. The summed E-state index contributed by atoms with van der Waals surface area (Å²) < 4.78 is 0. The van der Waals surface area contributed by atoms with E-state index in [2.05, 4.69) is 36.1 Å². The Morgan fingerprint density at radius 3 is 2.42 bits per heavy atom. The van der Waals surface area contributed by atoms with Crippen LogP contribution in [-0.2, 0) is 5.41 Å². The van der Waals surface area contributed by atoms with Crippen LogP contribution in [0.2, 0.25) is 0 Å². The standard InChI is InChI=1S/C15H20N4/c1-10-12(11-7-6-8-17-9-11)18-14(15(2,3)4)19-13(10)16-5/h6-9H,1-5H3,(H,16,18,19). The zero-order valence-electron chi connectivity index (χ0n) is 12.2. The summed E-state index contributed by atoms with van der Waals surface area (Å²) in [5, 5.41) is 3.15. The highest BCUT2D eigenvalue weighted by molar-refractivity contribution is 5.67. The van der Waals surface area contributed by atoms with Crippen LogP contribution in [0.3, 0.4) is 0 Å². The maximum absolute atomic E-state index is 4.73. The molecule has 2 heterocycles. The molecule has 0 radical (unpaired) electrons. The molecule has 0 amide bonds. The first-order chi connectivity index (χ1) is 8.93. The number of hydrogen-bond acceptors (Lipinski definition) is 4. The van der Waals surface area contributed by atoms with E-state index in [0.717, 1.165) is 28.5 Å². The van der Waals surface area contributed by atoms with Crippen LogP contribution in [0.15, 0.2) is 24.5 Å². The van der Waals surface area contributed by atoms with Crippen molar-refractivity contribution >= 4 is 5.82 Å². The van der Waals surface area contributed by atoms with E-state index < -0.39 is 0 Å². The summed E-state index contributed by atoms with van der Waals surface area (Å²) in [6, 6.07) is 3.95. The SMILES string of the molecule is CNc1nc(C(C)(C)C)nc(-c2cccnc2)c1C. The molecule has 4 nitrogen and oxygen atoms in total. The molecular weight excluding hydrogens is 236 g/mol. The number of rotatable bonds is 2. The maximum atomic E-state index is 4.73. The lowest BCUT2D eigenvalue weighted by Gasteiger charge is -2.20. The second-order valence-electron chi connectivity index (χ2n) is 5.61. The molecule has 0 aliphatic heterocycles. The highest BCUT2D eigenvalue weighted by Crippen LogP contribution is 2.28. The molecule has 4 heteroatoms. The third-order valence-corrected chi connectivity index (χ3v) is 2.99. The normalized spacial score (nSPS) is 11.4. The Labute approximate surface area is 114 Å². The van der Waals surface area contributed by atoms with Crippen LogP contribution in [0.4, 0.5) is 5.82 Å². The van der Waals surface area contributed by atoms with Crippen LogP contribution < -0.4 is 5.32 Å². The Balaban J connectivity index is 2.66. The number of hydrogen-bond donors (Lipinski definition) is 1. The zero-order chi connectivity index (χ0) is 14.0. The van der Waals surface area contributed by atoms with E-state index in [4.69, 9.17) is 4.98 Å². The molecule has 19 heavy (non-hydrogen) atoms. The van der Waals surface area contributed by atoms with Crippen LogP contribution in [-0.4, -0.2) is 22.0 Å². The lowest BCUT2D eigenvalue weighted by atomic mass is 9.95. The van der Waals surface area contributed by atoms with Gasteiger partial charge in [0.15, 0.2) is 0 Å². The molecule has 2 aromatic rings. The van der Waals surface area contributed by atoms with Crippen LogP contribution in [0.25, 0.3) is 11.3 Å². The second kappa shape index (κ2) is 4.96. The molecule has 0 aromatic carbocycles. The Morgan fingerprint density at radius 1 is 1.16 bits per heavy atom. The van der Waals surface area contributed by atoms with E-state index in [1.807, 2.05) is 32.3 Å². The molecule has 100 valence electrons. The first-order valence-electron chi connectivity index (χ1n) is 6.40. The fourth-order valence-corrected chi connectivity index (χ4v) is 1.88. The van der Waals surface area contributed by atoms with E-state index in [9.17, 15) is 0 Å². The van der Waals surface area contributed by atoms with E-state index in [1.54, 1.807) is 6.20 Å². The summed E-state index contributed by atoms with van der Waals surface area (Å²) in [5.41, 5.74) is 2.92. The third-order valence-electron chi connectivity index (χ3n) is 2.99. The lowest BCUT2D eigenvalue weighted by molar-refractivity contribution is 0.546. The van der Waals surface area contributed by atoms with E-state index in [-0.39, 0.29) is 5.41 Å². The summed E-state index contributed by atoms with van der Waals surface area (Å²) in [7, 11) is 1.88. The smallest absolute Gasteiger partial charge is 0.136 e. The average Bonchev–Trinajstić information content (AvgIpc) is 2.38. The number of pyridine rings is 1. The van der Waals surface area contributed by atoms with Crippen LogP contribution >= 0.6 is 0 Å². The highest BCUT2D eigenvalue weighted by Gasteiger charge is 2.21. The van der Waals surface area contributed by atoms with Gasteiger partial charge in [-0.25, -0.2) is 9.97 Å². The predicted molar refractivity (Wildman–Crippen MR) is 78.2 cm³/mol. The van der Waals surface area contributed by atoms with Crippen molar-refractivity contribution in [1.29, 1.82) is 0 Å². The van der Waals surface area contributed by atoms with Crippen molar-refractivity contribution < 1.29 is 0 Å². The molecule has 0 atom stereocenters. The van der Waals surface area contributed by atoms with Crippen LogP contribution in [0.5, 0.6) is 0 Å². The molecule has 0 bridgehead atoms. The van der Waals surface area contributed by atoms with Gasteiger partial charge in [-0.1, -0.05) is 20.8 Å². The monoisotopic (exact) mass is 256 g/mol. The molecule has 0 aliphatic carbocycles. The van der Waals surface area contributed by atoms with Gasteiger partial charge in [-0.3, -0.25) is 4.98 Å². The molecule has 1 N–H and O–H groups in total. The Kier molecular flexibility index (Phi) is 3.51. The third kappa shape index (κ3) is 2.72. The summed E-state index contributed by atoms with van der Waals surface area (Å²) in [5.74, 6) is 1.71. The van der Waals surface area contributed by atoms with Gasteiger partial charge in [-0.05, 0) is 19.1 Å². The molecule has 2 rings (SSSR count). The number of nitrogens with zero attached hydrogens (tertiary/aromatic N) is 3. The van der Waals surface area contributed by atoms with Crippen molar-refractivity contribution in [2.45, 2.75) is 33.1 Å². The van der Waals surface area contributed by atoms with Crippen LogP contribution in [0.1, 0.15) is 32.2 Å². The second-order valence-corrected chi connectivity index (χ2v) is 5.61. The van der Waals surface area contributed by atoms with Gasteiger partial charge in [0, 0.05) is 36.0 Å². The predicted octanol–water partition coefficient (Wildman–Crippen LogP) is 3.19. The molecule has 0 spiro atoms. The summed E-state index contributed by atoms with van der Waals surface area (Å²) in [6.07, 6.45) is 3.60. The molecular formula is C15H20N4. The van der Waals surface area contributed by atoms with Gasteiger partial charge >= 0.3 is 0 Å². The topological polar surface area (TPSA) is 50.7 Å². The van der Waals surface area contributed by atoms with Crippen molar-refractivity contribution in [3.63, 3.8) is 0 Å². The van der Waals surface area contributed by atoms with Gasteiger partial charge in [0.1, 0.15) is 11.6 Å². The summed E-state index contributed by atoms with van der Waals surface area (Å²) in [4.78, 5) is 13.5. The average molecular weight is 256 g/mol. The summed E-state index contributed by atoms with van der Waals surface area (Å²) >= 11 is 0. The lowest BCUT2D eigenvalue weighted by Crippen LogP contribution is -2.18. The van der Waals surface area contributed by atoms with Crippen molar-refractivity contribution in [1.82, 2.24) is 15.0 Å². The van der Waals surface area contributed by atoms with Gasteiger partial charge < -0.3 is 5.32 Å². The van der Waals surface area contributed by atoms with Crippen molar-refractivity contribution in [2.75, 3.05) is 12.4 Å². The number of anilines is 1. The van der Waals surface area contributed by atoms with Gasteiger partial charge in [-0.2, -0.15) is 0 Å². The van der Waals surface area contributed by atoms with Gasteiger partial charge in [0.05, 0.1) is 5.69 Å². The number of aromatic nitrogens is 3. The fraction of sp³-hybridized carbons (Fsp3) is 0.400. The Morgan fingerprint density at radius 2 is 1.89 bits per heavy atom. The minimum Gasteiger partial charge on any atom is -0.373 e. The quantitative estimate of drug-likeness (QED) is 0.896. The molecule has 0 aliphatic rings. The van der Waals surface area contributed by atoms with E-state index in [0.29, 0.717) is 0 Å². The van der Waals surface area contributed by atoms with E-state index in [1.165, 1.54) is 0 Å². The Hall–Kier alpha value is -1.97. The fourth-order valence-electron chi connectivity index (χ4n) is 1.88.